The largest absolute Gasteiger partial charge is 0.505 e. The van der Waals surface area contributed by atoms with Crippen LogP contribution in [0, 0.1) is 0 Å². The van der Waals surface area contributed by atoms with Gasteiger partial charge < -0.3 is 19.9 Å². The summed E-state index contributed by atoms with van der Waals surface area (Å²) in [5.41, 5.74) is 0.747. The van der Waals surface area contributed by atoms with Crippen molar-refractivity contribution in [1.29, 1.82) is 0 Å². The molecule has 0 amide bonds. The summed E-state index contributed by atoms with van der Waals surface area (Å²) in [5.74, 6) is -1.68. The molecule has 0 spiro atoms. The van der Waals surface area contributed by atoms with Gasteiger partial charge in [0.1, 0.15) is 33.5 Å². The molecule has 0 aromatic heterocycles. The second-order valence-corrected chi connectivity index (χ2v) is 17.3. The van der Waals surface area contributed by atoms with Crippen LogP contribution in [0.25, 0.3) is 10.8 Å². The Morgan fingerprint density at radius 1 is 0.778 bits per heavy atom. The third-order valence-corrected chi connectivity index (χ3v) is 11.7. The molecule has 0 bridgehead atoms. The Morgan fingerprint density at radius 2 is 1.35 bits per heavy atom. The topological polar surface area (TPSA) is 279 Å². The maximum Gasteiger partial charge on any atom is 0.397 e. The van der Waals surface area contributed by atoms with Gasteiger partial charge in [-0.25, -0.2) is 16.8 Å². The molecule has 4 aromatic carbocycles. The standard InChI is InChI=1S/C29H31N5O14S6/c1-30-28-25-16(12-22(49)26(28)33-31-17-4-6-18(7-5-17)51(36)10-8-47-53(39,40)41)13-23(50)27(29(25)35)34-32-19-14-21(46-3)24(15-20(19)45-2)52(37,38)11-9-48-54(42,43)44/h4-7,12-15,30,35,49-50H,8-11H2,1-3H3,(H,39,40,41)(H,42,43,44). The van der Waals surface area contributed by atoms with E-state index in [1.807, 2.05) is 0 Å². The first-order chi connectivity index (χ1) is 25.3. The third-order valence-electron chi connectivity index (χ3n) is 7.06. The quantitative estimate of drug-likeness (QED) is 0.0432. The summed E-state index contributed by atoms with van der Waals surface area (Å²) in [6.45, 7) is -1.35. The van der Waals surface area contributed by atoms with E-state index in [-0.39, 0.29) is 55.2 Å². The van der Waals surface area contributed by atoms with Crippen molar-refractivity contribution in [3.05, 3.63) is 48.5 Å². The number of thiol groups is 2. The van der Waals surface area contributed by atoms with Crippen LogP contribution in [-0.2, 0) is 49.8 Å². The lowest BCUT2D eigenvalue weighted by atomic mass is 10.0. The lowest BCUT2D eigenvalue weighted by molar-refractivity contribution is 0.282. The summed E-state index contributed by atoms with van der Waals surface area (Å²) in [4.78, 5) is 0.518. The first-order valence-corrected chi connectivity index (χ1v) is 21.3. The number of aromatic hydroxyl groups is 1. The molecule has 54 heavy (non-hydrogen) atoms. The summed E-state index contributed by atoms with van der Waals surface area (Å²) in [6.07, 6.45) is 0. The van der Waals surface area contributed by atoms with Crippen LogP contribution < -0.4 is 14.8 Å². The SMILES string of the molecule is CNc1c(N=Nc2ccc(S(=O)CCOS(=O)(=O)O)cc2)c(S)cc2cc(S)c(N=Nc3cc(OC)c(S(=O)(=O)CCOS(=O)(=O)O)cc3OC)c(O)c12. The first kappa shape index (κ1) is 42.8. The van der Waals surface area contributed by atoms with Crippen molar-refractivity contribution in [3.63, 3.8) is 0 Å². The molecule has 0 aliphatic rings. The van der Waals surface area contributed by atoms with E-state index in [1.54, 1.807) is 19.2 Å². The maximum atomic E-state index is 13.0. The zero-order chi connectivity index (χ0) is 40.0. The van der Waals surface area contributed by atoms with Gasteiger partial charge in [0, 0.05) is 33.9 Å². The maximum absolute atomic E-state index is 13.0. The van der Waals surface area contributed by atoms with Crippen LogP contribution in [0.1, 0.15) is 0 Å². The van der Waals surface area contributed by atoms with Crippen LogP contribution in [0.3, 0.4) is 0 Å². The predicted molar refractivity (Wildman–Crippen MR) is 202 cm³/mol. The number of sulfone groups is 1. The van der Waals surface area contributed by atoms with Crippen LogP contribution in [0.5, 0.6) is 17.2 Å². The number of ether oxygens (including phenoxy) is 2. The number of fused-ring (bicyclic) bond motifs is 1. The van der Waals surface area contributed by atoms with E-state index in [0.29, 0.717) is 26.6 Å². The molecule has 0 heterocycles. The van der Waals surface area contributed by atoms with Gasteiger partial charge in [0.05, 0.1) is 66.5 Å². The Hall–Kier alpha value is -3.92. The molecule has 0 radical (unpaired) electrons. The number of rotatable bonds is 17. The zero-order valence-electron chi connectivity index (χ0n) is 28.1. The van der Waals surface area contributed by atoms with Crippen molar-refractivity contribution in [3.8, 4) is 17.2 Å². The summed E-state index contributed by atoms with van der Waals surface area (Å²) >= 11 is 9.03. The Bertz CT molecular complexity index is 2480. The predicted octanol–water partition coefficient (Wildman–Crippen LogP) is 5.53. The number of hydrogen-bond acceptors (Lipinski definition) is 19. The van der Waals surface area contributed by atoms with Gasteiger partial charge in [-0.2, -0.15) is 21.9 Å². The molecule has 0 aliphatic carbocycles. The van der Waals surface area contributed by atoms with Gasteiger partial charge in [-0.1, -0.05) is 0 Å². The molecular weight excluding hydrogens is 835 g/mol. The fraction of sp³-hybridized carbons (Fsp3) is 0.241. The smallest absolute Gasteiger partial charge is 0.397 e. The van der Waals surface area contributed by atoms with E-state index in [2.05, 4.69) is 59.4 Å². The lowest BCUT2D eigenvalue weighted by Gasteiger charge is -2.15. The number of azo groups is 2. The van der Waals surface area contributed by atoms with Crippen molar-refractivity contribution in [2.24, 2.45) is 20.5 Å². The van der Waals surface area contributed by atoms with Gasteiger partial charge in [0.2, 0.25) is 0 Å². The molecule has 25 heteroatoms. The zero-order valence-corrected chi connectivity index (χ0v) is 33.2. The molecule has 292 valence electrons. The van der Waals surface area contributed by atoms with E-state index in [0.717, 1.165) is 6.07 Å². The molecule has 1 atom stereocenters. The van der Waals surface area contributed by atoms with E-state index in [1.165, 1.54) is 44.6 Å². The molecule has 0 fully saturated rings. The number of methoxy groups -OCH3 is 2. The Kier molecular flexibility index (Phi) is 14.0. The van der Waals surface area contributed by atoms with Gasteiger partial charge in [-0.05, 0) is 41.8 Å². The minimum atomic E-state index is -4.87. The highest BCUT2D eigenvalue weighted by Gasteiger charge is 2.25. The Labute approximate surface area is 322 Å². The minimum Gasteiger partial charge on any atom is -0.505 e. The van der Waals surface area contributed by atoms with Crippen LogP contribution in [0.2, 0.25) is 0 Å². The van der Waals surface area contributed by atoms with Gasteiger partial charge >= 0.3 is 20.8 Å². The summed E-state index contributed by atoms with van der Waals surface area (Å²) in [7, 11) is -11.4. The van der Waals surface area contributed by atoms with Gasteiger partial charge in [-0.3, -0.25) is 13.3 Å². The molecule has 1 unspecified atom stereocenters. The normalized spacial score (nSPS) is 13.2. The second kappa shape index (κ2) is 17.7. The summed E-state index contributed by atoms with van der Waals surface area (Å²) in [5, 5.41) is 32.1. The number of phenolic OH excluding ortho intramolecular Hbond substituents is 1. The number of phenols is 1. The van der Waals surface area contributed by atoms with E-state index >= 15 is 0 Å². The number of benzene rings is 4. The van der Waals surface area contributed by atoms with Crippen molar-refractivity contribution < 1.29 is 61.5 Å². The molecule has 4 aromatic rings. The van der Waals surface area contributed by atoms with E-state index in [9.17, 15) is 34.6 Å². The fourth-order valence-corrected chi connectivity index (χ4v) is 8.24. The number of nitrogens with one attached hydrogen (secondary N) is 1. The fourth-order valence-electron chi connectivity index (χ4n) is 4.69. The third kappa shape index (κ3) is 10.9. The lowest BCUT2D eigenvalue weighted by Crippen LogP contribution is -2.16. The van der Waals surface area contributed by atoms with Crippen LogP contribution in [0.4, 0.5) is 28.4 Å². The summed E-state index contributed by atoms with van der Waals surface area (Å²) in [6, 6.07) is 11.5. The van der Waals surface area contributed by atoms with Crippen LogP contribution >= 0.6 is 25.3 Å². The molecule has 0 aliphatic heterocycles. The monoisotopic (exact) mass is 865 g/mol. The molecule has 0 saturated heterocycles. The van der Waals surface area contributed by atoms with E-state index < -0.39 is 60.4 Å². The number of nitrogens with zero attached hydrogens (tertiary/aromatic N) is 4. The van der Waals surface area contributed by atoms with Gasteiger partial charge in [-0.15, -0.1) is 40.6 Å². The van der Waals surface area contributed by atoms with Crippen LogP contribution in [-0.4, -0.2) is 89.7 Å². The second-order valence-electron chi connectivity index (χ2n) is 10.5. The highest BCUT2D eigenvalue weighted by Crippen LogP contribution is 2.49. The van der Waals surface area contributed by atoms with E-state index in [4.69, 9.17) is 18.6 Å². The average Bonchev–Trinajstić information content (AvgIpc) is 3.09. The summed E-state index contributed by atoms with van der Waals surface area (Å²) < 4.78 is 118. The molecule has 0 saturated carbocycles. The van der Waals surface area contributed by atoms with Crippen molar-refractivity contribution in [2.45, 2.75) is 19.6 Å². The number of anilines is 1. The molecule has 4 N–H and O–H groups in total. The molecule has 19 nitrogen and oxygen atoms in total. The highest BCUT2D eigenvalue weighted by molar-refractivity contribution is 7.91. The average molecular weight is 866 g/mol. The molecular formula is C29H31N5O14S6. The van der Waals surface area contributed by atoms with Crippen molar-refractivity contribution in [1.82, 2.24) is 0 Å². The first-order valence-electron chi connectivity index (χ1n) is 14.7. The minimum absolute atomic E-state index is 0.0231. The van der Waals surface area contributed by atoms with Gasteiger partial charge in [0.25, 0.3) is 0 Å². The molecule has 4 rings (SSSR count). The Balaban J connectivity index is 1.68. The van der Waals surface area contributed by atoms with Crippen molar-refractivity contribution in [2.75, 3.05) is 51.3 Å². The Morgan fingerprint density at radius 3 is 1.93 bits per heavy atom. The number of hydrogen-bond donors (Lipinski definition) is 6. The van der Waals surface area contributed by atoms with Crippen LogP contribution in [0.15, 0.2) is 88.6 Å². The highest BCUT2D eigenvalue weighted by atomic mass is 32.3. The van der Waals surface area contributed by atoms with Gasteiger partial charge in [0.15, 0.2) is 15.6 Å². The van der Waals surface area contributed by atoms with Crippen molar-refractivity contribution >= 4 is 106 Å².